The van der Waals surface area contributed by atoms with Gasteiger partial charge in [0.05, 0.1) is 6.04 Å². The van der Waals surface area contributed by atoms with Crippen LogP contribution in [0.2, 0.25) is 0 Å². The van der Waals surface area contributed by atoms with Crippen molar-refractivity contribution >= 4 is 17.0 Å². The fraction of sp³-hybridized carbons (Fsp3) is 0.368. The zero-order valence-electron chi connectivity index (χ0n) is 12.5. The topological polar surface area (TPSA) is 12.0 Å². The summed E-state index contributed by atoms with van der Waals surface area (Å²) in [5.41, 5.74) is 4.33. The second kappa shape index (κ2) is 5.03. The number of thiophene rings is 1. The highest BCUT2D eigenvalue weighted by Crippen LogP contribution is 2.51. The Hall–Kier alpha value is -1.54. The van der Waals surface area contributed by atoms with Crippen LogP contribution in [-0.2, 0) is 0 Å². The van der Waals surface area contributed by atoms with E-state index in [0.29, 0.717) is 23.8 Å². The molecule has 1 nitrogen and oxygen atoms in total. The maximum Gasteiger partial charge on any atom is 0.0646 e. The maximum atomic E-state index is 3.89. The first-order chi connectivity index (χ1) is 10.3. The van der Waals surface area contributed by atoms with Gasteiger partial charge < -0.3 is 5.32 Å². The molecule has 4 rings (SSSR count). The third kappa shape index (κ3) is 2.04. The van der Waals surface area contributed by atoms with E-state index in [-0.39, 0.29) is 0 Å². The molecule has 108 valence electrons. The van der Waals surface area contributed by atoms with Gasteiger partial charge in [0.15, 0.2) is 0 Å². The predicted molar refractivity (Wildman–Crippen MR) is 91.2 cm³/mol. The van der Waals surface area contributed by atoms with Crippen LogP contribution in [0.25, 0.3) is 0 Å². The second-order valence-electron chi connectivity index (χ2n) is 6.46. The van der Waals surface area contributed by atoms with Crippen LogP contribution < -0.4 is 5.32 Å². The van der Waals surface area contributed by atoms with Gasteiger partial charge >= 0.3 is 0 Å². The molecule has 1 aliphatic carbocycles. The number of para-hydroxylation sites is 1. The standard InChI is InChI=1S/C19H21NS/c1-12(2)13-6-3-8-15-14-7-4-9-16(14)19(20-18(13)15)17-10-5-11-21-17/h3-8,10-12,14,16,19-20H,9H2,1-2H3. The van der Waals surface area contributed by atoms with E-state index in [0.717, 1.165) is 0 Å². The molecule has 21 heavy (non-hydrogen) atoms. The summed E-state index contributed by atoms with van der Waals surface area (Å²) in [6.07, 6.45) is 5.98. The zero-order chi connectivity index (χ0) is 14.4. The van der Waals surface area contributed by atoms with Crippen LogP contribution in [-0.4, -0.2) is 0 Å². The van der Waals surface area contributed by atoms with Gasteiger partial charge in [-0.25, -0.2) is 0 Å². The van der Waals surface area contributed by atoms with E-state index in [4.69, 9.17) is 0 Å². The minimum Gasteiger partial charge on any atom is -0.377 e. The van der Waals surface area contributed by atoms with Crippen molar-refractivity contribution in [2.45, 2.75) is 38.1 Å². The number of hydrogen-bond donors (Lipinski definition) is 1. The third-order valence-corrected chi connectivity index (χ3v) is 5.86. The lowest BCUT2D eigenvalue weighted by molar-refractivity contribution is 0.429. The average molecular weight is 295 g/mol. The van der Waals surface area contributed by atoms with Crippen molar-refractivity contribution in [3.8, 4) is 0 Å². The molecule has 3 unspecified atom stereocenters. The number of allylic oxidation sites excluding steroid dienone is 2. The Morgan fingerprint density at radius 1 is 1.19 bits per heavy atom. The molecule has 2 heterocycles. The van der Waals surface area contributed by atoms with Crippen LogP contribution in [0.5, 0.6) is 0 Å². The number of anilines is 1. The lowest BCUT2D eigenvalue weighted by atomic mass is 9.77. The first kappa shape index (κ1) is 13.1. The number of benzene rings is 1. The lowest BCUT2D eigenvalue weighted by Gasteiger charge is -2.38. The molecule has 2 aliphatic rings. The average Bonchev–Trinajstić information content (AvgIpc) is 3.17. The van der Waals surface area contributed by atoms with Crippen molar-refractivity contribution in [2.24, 2.45) is 5.92 Å². The smallest absolute Gasteiger partial charge is 0.0646 e. The minimum atomic E-state index is 0.456. The summed E-state index contributed by atoms with van der Waals surface area (Å²) in [4.78, 5) is 1.47. The molecule has 0 saturated carbocycles. The van der Waals surface area contributed by atoms with Crippen LogP contribution in [0, 0.1) is 5.92 Å². The Bertz CT molecular complexity index is 669. The zero-order valence-corrected chi connectivity index (χ0v) is 13.4. The first-order valence-corrected chi connectivity index (χ1v) is 8.73. The van der Waals surface area contributed by atoms with Gasteiger partial charge in [0.1, 0.15) is 0 Å². The van der Waals surface area contributed by atoms with Crippen molar-refractivity contribution in [3.63, 3.8) is 0 Å². The Morgan fingerprint density at radius 3 is 2.86 bits per heavy atom. The van der Waals surface area contributed by atoms with E-state index in [1.807, 2.05) is 11.3 Å². The van der Waals surface area contributed by atoms with Crippen LogP contribution in [0.3, 0.4) is 0 Å². The summed E-state index contributed by atoms with van der Waals surface area (Å²) < 4.78 is 0. The predicted octanol–water partition coefficient (Wildman–Crippen LogP) is 5.70. The van der Waals surface area contributed by atoms with Crippen LogP contribution >= 0.6 is 11.3 Å². The monoisotopic (exact) mass is 295 g/mol. The van der Waals surface area contributed by atoms with Crippen LogP contribution in [0.15, 0.2) is 47.9 Å². The van der Waals surface area contributed by atoms with E-state index >= 15 is 0 Å². The molecule has 1 aromatic heterocycles. The Kier molecular flexibility index (Phi) is 3.15. The molecule has 1 N–H and O–H groups in total. The third-order valence-electron chi connectivity index (χ3n) is 4.90. The van der Waals surface area contributed by atoms with Gasteiger partial charge in [0.25, 0.3) is 0 Å². The molecule has 2 heteroatoms. The maximum absolute atomic E-state index is 3.89. The fourth-order valence-corrected chi connectivity index (χ4v) is 4.73. The molecule has 0 amide bonds. The highest BCUT2D eigenvalue weighted by atomic mass is 32.1. The molecular weight excluding hydrogens is 274 g/mol. The number of hydrogen-bond acceptors (Lipinski definition) is 2. The van der Waals surface area contributed by atoms with Gasteiger partial charge in [-0.1, -0.05) is 50.3 Å². The molecule has 1 aliphatic heterocycles. The second-order valence-corrected chi connectivity index (χ2v) is 7.44. The van der Waals surface area contributed by atoms with E-state index in [1.54, 1.807) is 0 Å². The molecule has 0 radical (unpaired) electrons. The lowest BCUT2D eigenvalue weighted by Crippen LogP contribution is -2.29. The Balaban J connectivity index is 1.85. The summed E-state index contributed by atoms with van der Waals surface area (Å²) in [5, 5.41) is 6.08. The van der Waals surface area contributed by atoms with Gasteiger partial charge in [-0.05, 0) is 40.8 Å². The van der Waals surface area contributed by atoms with Gasteiger partial charge in [0.2, 0.25) is 0 Å². The van der Waals surface area contributed by atoms with Gasteiger partial charge in [-0.3, -0.25) is 0 Å². The van der Waals surface area contributed by atoms with E-state index < -0.39 is 0 Å². The van der Waals surface area contributed by atoms with Crippen molar-refractivity contribution < 1.29 is 0 Å². The molecule has 3 atom stereocenters. The number of nitrogens with one attached hydrogen (secondary N) is 1. The highest BCUT2D eigenvalue weighted by molar-refractivity contribution is 7.10. The summed E-state index contributed by atoms with van der Waals surface area (Å²) in [7, 11) is 0. The Labute approximate surface area is 130 Å². The molecule has 0 fully saturated rings. The fourth-order valence-electron chi connectivity index (χ4n) is 3.88. The highest BCUT2D eigenvalue weighted by Gasteiger charge is 2.39. The van der Waals surface area contributed by atoms with Crippen LogP contribution in [0.4, 0.5) is 5.69 Å². The van der Waals surface area contributed by atoms with Gasteiger partial charge in [0, 0.05) is 16.5 Å². The first-order valence-electron chi connectivity index (χ1n) is 7.85. The van der Waals surface area contributed by atoms with Crippen LogP contribution in [0.1, 0.15) is 54.1 Å². The molecule has 1 aromatic carbocycles. The largest absolute Gasteiger partial charge is 0.377 e. The van der Waals surface area contributed by atoms with Gasteiger partial charge in [-0.15, -0.1) is 11.3 Å². The number of fused-ring (bicyclic) bond motifs is 3. The Morgan fingerprint density at radius 2 is 2.10 bits per heavy atom. The van der Waals surface area contributed by atoms with Crippen molar-refractivity contribution in [1.29, 1.82) is 0 Å². The minimum absolute atomic E-state index is 0.456. The molecule has 0 bridgehead atoms. The van der Waals surface area contributed by atoms with E-state index in [1.165, 1.54) is 28.1 Å². The molecule has 0 spiro atoms. The normalized spacial score (nSPS) is 26.5. The van der Waals surface area contributed by atoms with Crippen molar-refractivity contribution in [3.05, 3.63) is 63.9 Å². The quantitative estimate of drug-likeness (QED) is 0.701. The summed E-state index contributed by atoms with van der Waals surface area (Å²) in [5.74, 6) is 1.80. The van der Waals surface area contributed by atoms with E-state index in [2.05, 4.69) is 67.0 Å². The molecular formula is C19H21NS. The van der Waals surface area contributed by atoms with Gasteiger partial charge in [-0.2, -0.15) is 0 Å². The molecule has 0 saturated heterocycles. The molecule has 2 aromatic rings. The SMILES string of the molecule is CC(C)c1cccc2c1NC(c1cccs1)C1CC=CC21. The summed E-state index contributed by atoms with van der Waals surface area (Å²) in [6, 6.07) is 11.7. The van der Waals surface area contributed by atoms with Crippen molar-refractivity contribution in [1.82, 2.24) is 0 Å². The van der Waals surface area contributed by atoms with Crippen molar-refractivity contribution in [2.75, 3.05) is 5.32 Å². The summed E-state index contributed by atoms with van der Waals surface area (Å²) >= 11 is 1.88. The number of rotatable bonds is 2. The van der Waals surface area contributed by atoms with E-state index in [9.17, 15) is 0 Å². The summed E-state index contributed by atoms with van der Waals surface area (Å²) in [6.45, 7) is 4.57.